The van der Waals surface area contributed by atoms with Gasteiger partial charge in [0.05, 0.1) is 6.10 Å². The number of ether oxygens (including phenoxy) is 1. The van der Waals surface area contributed by atoms with E-state index in [2.05, 4.69) is 57.3 Å². The Morgan fingerprint density at radius 2 is 2.05 bits per heavy atom. The molecule has 2 rings (SSSR count). The average Bonchev–Trinajstić information content (AvgIpc) is 3.11. The first-order valence-corrected chi connectivity index (χ1v) is 7.46. The van der Waals surface area contributed by atoms with Gasteiger partial charge < -0.3 is 10.1 Å². The summed E-state index contributed by atoms with van der Waals surface area (Å²) in [7, 11) is 0. The molecule has 1 aromatic carbocycles. The second-order valence-electron chi connectivity index (χ2n) is 6.76. The summed E-state index contributed by atoms with van der Waals surface area (Å²) in [5.41, 5.74) is 1.59. The molecule has 2 nitrogen and oxygen atoms in total. The van der Waals surface area contributed by atoms with Crippen LogP contribution < -0.4 is 10.1 Å². The highest BCUT2D eigenvalue weighted by atomic mass is 16.5. The van der Waals surface area contributed by atoms with Gasteiger partial charge in [0, 0.05) is 5.54 Å². The molecule has 0 heterocycles. The van der Waals surface area contributed by atoms with Crippen LogP contribution in [0.5, 0.6) is 5.75 Å². The van der Waals surface area contributed by atoms with E-state index in [4.69, 9.17) is 4.74 Å². The van der Waals surface area contributed by atoms with E-state index in [0.717, 1.165) is 18.7 Å². The molecule has 0 aliphatic heterocycles. The number of hydrogen-bond donors (Lipinski definition) is 1. The monoisotopic (exact) mass is 261 g/mol. The molecule has 1 N–H and O–H groups in total. The average molecular weight is 261 g/mol. The van der Waals surface area contributed by atoms with Crippen LogP contribution in [0.3, 0.4) is 0 Å². The Bertz CT molecular complexity index is 404. The minimum atomic E-state index is 0.205. The van der Waals surface area contributed by atoms with Gasteiger partial charge in [-0.2, -0.15) is 0 Å². The minimum absolute atomic E-state index is 0.205. The summed E-state index contributed by atoms with van der Waals surface area (Å²) in [6.45, 7) is 9.98. The lowest BCUT2D eigenvalue weighted by atomic mass is 9.97. The Balaban J connectivity index is 1.85. The van der Waals surface area contributed by atoms with Crippen molar-refractivity contribution >= 4 is 0 Å². The van der Waals surface area contributed by atoms with Crippen molar-refractivity contribution in [2.24, 2.45) is 0 Å². The van der Waals surface area contributed by atoms with Crippen molar-refractivity contribution in [3.63, 3.8) is 0 Å². The quantitative estimate of drug-likeness (QED) is 0.832. The fourth-order valence-corrected chi connectivity index (χ4v) is 2.10. The van der Waals surface area contributed by atoms with Gasteiger partial charge in [0.2, 0.25) is 0 Å². The first kappa shape index (κ1) is 14.4. The molecule has 0 spiro atoms. The Morgan fingerprint density at radius 3 is 2.68 bits per heavy atom. The topological polar surface area (TPSA) is 21.3 Å². The normalized spacial score (nSPS) is 17.3. The zero-order valence-electron chi connectivity index (χ0n) is 12.7. The van der Waals surface area contributed by atoms with Gasteiger partial charge in [0.1, 0.15) is 5.75 Å². The number of rotatable bonds is 6. The van der Waals surface area contributed by atoms with E-state index in [1.165, 1.54) is 18.4 Å². The van der Waals surface area contributed by atoms with Crippen LogP contribution in [0.15, 0.2) is 24.3 Å². The fourth-order valence-electron chi connectivity index (χ4n) is 2.10. The van der Waals surface area contributed by atoms with Crippen LogP contribution in [0.25, 0.3) is 0 Å². The largest absolute Gasteiger partial charge is 0.490 e. The van der Waals surface area contributed by atoms with Crippen LogP contribution >= 0.6 is 0 Å². The Morgan fingerprint density at radius 1 is 1.32 bits per heavy atom. The zero-order valence-corrected chi connectivity index (χ0v) is 12.7. The number of benzene rings is 1. The molecule has 1 atom stereocenters. The highest BCUT2D eigenvalue weighted by molar-refractivity contribution is 5.31. The van der Waals surface area contributed by atoms with E-state index in [-0.39, 0.29) is 5.54 Å². The standard InChI is InChI=1S/C17H27NO/c1-13(10-11-18-17(2,3)4)14-6-5-7-16(12-14)19-15-8-9-15/h5-7,12-13,15,18H,8-11H2,1-4H3. The molecular formula is C17H27NO. The molecule has 0 bridgehead atoms. The molecule has 1 unspecified atom stereocenters. The van der Waals surface area contributed by atoms with Gasteiger partial charge in [-0.15, -0.1) is 0 Å². The summed E-state index contributed by atoms with van der Waals surface area (Å²) >= 11 is 0. The lowest BCUT2D eigenvalue weighted by Crippen LogP contribution is -2.36. The first-order chi connectivity index (χ1) is 8.94. The van der Waals surface area contributed by atoms with Gasteiger partial charge in [0.25, 0.3) is 0 Å². The predicted octanol–water partition coefficient (Wildman–Crippen LogP) is 4.11. The molecule has 106 valence electrons. The lowest BCUT2D eigenvalue weighted by Gasteiger charge is -2.22. The van der Waals surface area contributed by atoms with Crippen molar-refractivity contribution in [2.75, 3.05) is 6.54 Å². The Labute approximate surface area is 117 Å². The van der Waals surface area contributed by atoms with E-state index < -0.39 is 0 Å². The molecule has 1 aliphatic carbocycles. The fraction of sp³-hybridized carbons (Fsp3) is 0.647. The number of hydrogen-bond acceptors (Lipinski definition) is 2. The predicted molar refractivity (Wildman–Crippen MR) is 80.9 cm³/mol. The smallest absolute Gasteiger partial charge is 0.119 e. The minimum Gasteiger partial charge on any atom is -0.490 e. The molecule has 0 aromatic heterocycles. The van der Waals surface area contributed by atoms with E-state index >= 15 is 0 Å². The van der Waals surface area contributed by atoms with Gasteiger partial charge in [-0.25, -0.2) is 0 Å². The molecule has 2 heteroatoms. The highest BCUT2D eigenvalue weighted by Gasteiger charge is 2.23. The van der Waals surface area contributed by atoms with Gasteiger partial charge in [0.15, 0.2) is 0 Å². The molecular weight excluding hydrogens is 234 g/mol. The molecule has 0 radical (unpaired) electrons. The summed E-state index contributed by atoms with van der Waals surface area (Å²) in [6, 6.07) is 8.60. The molecule has 1 aliphatic rings. The van der Waals surface area contributed by atoms with Crippen molar-refractivity contribution in [3.05, 3.63) is 29.8 Å². The van der Waals surface area contributed by atoms with Gasteiger partial charge in [-0.05, 0) is 70.2 Å². The highest BCUT2D eigenvalue weighted by Crippen LogP contribution is 2.29. The summed E-state index contributed by atoms with van der Waals surface area (Å²) < 4.78 is 5.86. The Kier molecular flexibility index (Phi) is 4.51. The molecule has 1 fully saturated rings. The number of nitrogens with one attached hydrogen (secondary N) is 1. The van der Waals surface area contributed by atoms with Gasteiger partial charge in [-0.1, -0.05) is 19.1 Å². The maximum Gasteiger partial charge on any atom is 0.119 e. The van der Waals surface area contributed by atoms with Gasteiger partial charge in [-0.3, -0.25) is 0 Å². The summed E-state index contributed by atoms with van der Waals surface area (Å²) in [6.07, 6.45) is 4.07. The zero-order chi connectivity index (χ0) is 13.9. The van der Waals surface area contributed by atoms with Crippen LogP contribution in [-0.2, 0) is 0 Å². The second kappa shape index (κ2) is 5.96. The second-order valence-corrected chi connectivity index (χ2v) is 6.76. The first-order valence-electron chi connectivity index (χ1n) is 7.46. The van der Waals surface area contributed by atoms with E-state index in [1.807, 2.05) is 0 Å². The van der Waals surface area contributed by atoms with Crippen LogP contribution in [0.2, 0.25) is 0 Å². The molecule has 19 heavy (non-hydrogen) atoms. The van der Waals surface area contributed by atoms with Crippen molar-refractivity contribution in [2.45, 2.75) is 64.5 Å². The van der Waals surface area contributed by atoms with Crippen LogP contribution in [0.1, 0.15) is 58.4 Å². The van der Waals surface area contributed by atoms with Gasteiger partial charge >= 0.3 is 0 Å². The van der Waals surface area contributed by atoms with Crippen molar-refractivity contribution in [1.29, 1.82) is 0 Å². The SMILES string of the molecule is CC(CCNC(C)(C)C)c1cccc(OC2CC2)c1. The lowest BCUT2D eigenvalue weighted by molar-refractivity contribution is 0.302. The maximum atomic E-state index is 5.86. The molecule has 1 aromatic rings. The maximum absolute atomic E-state index is 5.86. The van der Waals surface area contributed by atoms with Crippen molar-refractivity contribution < 1.29 is 4.74 Å². The van der Waals surface area contributed by atoms with E-state index in [0.29, 0.717) is 12.0 Å². The molecule has 0 saturated heterocycles. The molecule has 0 amide bonds. The van der Waals surface area contributed by atoms with Crippen LogP contribution in [-0.4, -0.2) is 18.2 Å². The van der Waals surface area contributed by atoms with E-state index in [1.54, 1.807) is 0 Å². The third-order valence-corrected chi connectivity index (χ3v) is 3.49. The third kappa shape index (κ3) is 5.23. The Hall–Kier alpha value is -1.02. The van der Waals surface area contributed by atoms with Crippen molar-refractivity contribution in [1.82, 2.24) is 5.32 Å². The van der Waals surface area contributed by atoms with Crippen LogP contribution in [0, 0.1) is 0 Å². The summed E-state index contributed by atoms with van der Waals surface area (Å²) in [4.78, 5) is 0. The summed E-state index contributed by atoms with van der Waals surface area (Å²) in [5, 5.41) is 3.55. The third-order valence-electron chi connectivity index (χ3n) is 3.49. The van der Waals surface area contributed by atoms with E-state index in [9.17, 15) is 0 Å². The van der Waals surface area contributed by atoms with Crippen molar-refractivity contribution in [3.8, 4) is 5.75 Å². The molecule has 1 saturated carbocycles. The van der Waals surface area contributed by atoms with Crippen LogP contribution in [0.4, 0.5) is 0 Å². The summed E-state index contributed by atoms with van der Waals surface area (Å²) in [5.74, 6) is 1.60.